The van der Waals surface area contributed by atoms with Crippen LogP contribution in [0.3, 0.4) is 0 Å². The Hall–Kier alpha value is -0.830. The summed E-state index contributed by atoms with van der Waals surface area (Å²) in [6.45, 7) is 5.67. The van der Waals surface area contributed by atoms with Gasteiger partial charge in [-0.25, -0.2) is 0 Å². The summed E-state index contributed by atoms with van der Waals surface area (Å²) in [7, 11) is 1.98. The van der Waals surface area contributed by atoms with Crippen molar-refractivity contribution in [1.82, 2.24) is 15.1 Å². The van der Waals surface area contributed by atoms with Gasteiger partial charge in [-0.15, -0.1) is 0 Å². The lowest BCUT2D eigenvalue weighted by Crippen LogP contribution is -2.28. The molecular weight excluding hydrogens is 186 g/mol. The molecule has 0 bridgehead atoms. The molecule has 1 heterocycles. The van der Waals surface area contributed by atoms with E-state index in [1.54, 1.807) is 0 Å². The Balaban J connectivity index is 2.11. The monoisotopic (exact) mass is 207 g/mol. The SMILES string of the molecule is CCCNC(c1cnn(C)c1)C1(C)CC1. The third-order valence-corrected chi connectivity index (χ3v) is 3.39. The van der Waals surface area contributed by atoms with E-state index in [2.05, 4.69) is 30.5 Å². The second-order valence-corrected chi connectivity index (χ2v) is 4.99. The van der Waals surface area contributed by atoms with Crippen LogP contribution in [0, 0.1) is 5.41 Å². The van der Waals surface area contributed by atoms with Crippen molar-refractivity contribution < 1.29 is 0 Å². The zero-order chi connectivity index (χ0) is 10.9. The maximum Gasteiger partial charge on any atom is 0.0537 e. The first-order valence-electron chi connectivity index (χ1n) is 5.87. The predicted molar refractivity (Wildman–Crippen MR) is 61.6 cm³/mol. The molecule has 1 atom stereocenters. The van der Waals surface area contributed by atoms with Crippen molar-refractivity contribution >= 4 is 0 Å². The maximum atomic E-state index is 4.26. The van der Waals surface area contributed by atoms with E-state index in [4.69, 9.17) is 0 Å². The van der Waals surface area contributed by atoms with Crippen LogP contribution < -0.4 is 5.32 Å². The van der Waals surface area contributed by atoms with E-state index in [-0.39, 0.29) is 0 Å². The van der Waals surface area contributed by atoms with Crippen molar-refractivity contribution in [3.63, 3.8) is 0 Å². The summed E-state index contributed by atoms with van der Waals surface area (Å²) in [6, 6.07) is 0.492. The van der Waals surface area contributed by atoms with Crippen molar-refractivity contribution in [3.05, 3.63) is 18.0 Å². The maximum absolute atomic E-state index is 4.26. The topological polar surface area (TPSA) is 29.9 Å². The van der Waals surface area contributed by atoms with Crippen LogP contribution in [0.4, 0.5) is 0 Å². The van der Waals surface area contributed by atoms with Crippen LogP contribution >= 0.6 is 0 Å². The third-order valence-electron chi connectivity index (χ3n) is 3.39. The molecule has 1 saturated carbocycles. The lowest BCUT2D eigenvalue weighted by Gasteiger charge is -2.23. The lowest BCUT2D eigenvalue weighted by molar-refractivity contribution is 0.366. The summed E-state index contributed by atoms with van der Waals surface area (Å²) in [5.41, 5.74) is 1.81. The van der Waals surface area contributed by atoms with Crippen molar-refractivity contribution in [3.8, 4) is 0 Å². The average molecular weight is 207 g/mol. The van der Waals surface area contributed by atoms with Crippen LogP contribution in [0.25, 0.3) is 0 Å². The van der Waals surface area contributed by atoms with E-state index >= 15 is 0 Å². The van der Waals surface area contributed by atoms with Crippen LogP contribution in [0.5, 0.6) is 0 Å². The quantitative estimate of drug-likeness (QED) is 0.802. The number of aromatic nitrogens is 2. The molecule has 1 aromatic heterocycles. The highest BCUT2D eigenvalue weighted by Crippen LogP contribution is 2.54. The molecule has 0 amide bonds. The van der Waals surface area contributed by atoms with Gasteiger partial charge in [-0.1, -0.05) is 13.8 Å². The molecule has 1 N–H and O–H groups in total. The molecule has 15 heavy (non-hydrogen) atoms. The highest BCUT2D eigenvalue weighted by molar-refractivity contribution is 5.17. The molecule has 1 fully saturated rings. The fourth-order valence-electron chi connectivity index (χ4n) is 2.13. The first-order chi connectivity index (χ1) is 7.15. The number of rotatable bonds is 5. The zero-order valence-electron chi connectivity index (χ0n) is 9.95. The molecule has 0 saturated heterocycles. The molecule has 1 aliphatic carbocycles. The van der Waals surface area contributed by atoms with Gasteiger partial charge in [-0.2, -0.15) is 5.10 Å². The number of nitrogens with one attached hydrogen (secondary N) is 1. The summed E-state index contributed by atoms with van der Waals surface area (Å²) in [5, 5.41) is 7.91. The zero-order valence-corrected chi connectivity index (χ0v) is 9.95. The van der Waals surface area contributed by atoms with Crippen molar-refractivity contribution in [2.75, 3.05) is 6.54 Å². The summed E-state index contributed by atoms with van der Waals surface area (Å²) >= 11 is 0. The molecule has 2 rings (SSSR count). The fourth-order valence-corrected chi connectivity index (χ4v) is 2.13. The van der Waals surface area contributed by atoms with Crippen LogP contribution in [0.15, 0.2) is 12.4 Å². The molecular formula is C12H21N3. The Kier molecular flexibility index (Phi) is 2.83. The van der Waals surface area contributed by atoms with Gasteiger partial charge in [-0.05, 0) is 31.2 Å². The molecule has 1 aromatic rings. The van der Waals surface area contributed by atoms with Gasteiger partial charge in [0.2, 0.25) is 0 Å². The van der Waals surface area contributed by atoms with Gasteiger partial charge in [0.25, 0.3) is 0 Å². The Labute approximate surface area is 91.9 Å². The molecule has 0 aliphatic heterocycles. The minimum Gasteiger partial charge on any atom is -0.309 e. The van der Waals surface area contributed by atoms with E-state index in [0.717, 1.165) is 6.54 Å². The highest BCUT2D eigenvalue weighted by Gasteiger charge is 2.45. The molecule has 0 radical (unpaired) electrons. The average Bonchev–Trinajstić information content (AvgIpc) is 2.79. The van der Waals surface area contributed by atoms with E-state index in [9.17, 15) is 0 Å². The number of nitrogens with zero attached hydrogens (tertiary/aromatic N) is 2. The van der Waals surface area contributed by atoms with Crippen molar-refractivity contribution in [2.24, 2.45) is 12.5 Å². The van der Waals surface area contributed by atoms with Gasteiger partial charge in [0, 0.05) is 24.8 Å². The molecule has 3 nitrogen and oxygen atoms in total. The Morgan fingerprint density at radius 3 is 2.80 bits per heavy atom. The van der Waals surface area contributed by atoms with Gasteiger partial charge in [0.05, 0.1) is 6.20 Å². The van der Waals surface area contributed by atoms with Gasteiger partial charge in [0.15, 0.2) is 0 Å². The fraction of sp³-hybridized carbons (Fsp3) is 0.750. The van der Waals surface area contributed by atoms with E-state index in [1.165, 1.54) is 24.8 Å². The standard InChI is InChI=1S/C12H21N3/c1-4-7-13-11(12(2)5-6-12)10-8-14-15(3)9-10/h8-9,11,13H,4-7H2,1-3H3. The van der Waals surface area contributed by atoms with E-state index in [0.29, 0.717) is 11.5 Å². The molecule has 84 valence electrons. The second kappa shape index (κ2) is 3.97. The summed E-state index contributed by atoms with van der Waals surface area (Å²) in [4.78, 5) is 0. The van der Waals surface area contributed by atoms with E-state index < -0.39 is 0 Å². The first-order valence-corrected chi connectivity index (χ1v) is 5.87. The minimum atomic E-state index is 0.470. The Morgan fingerprint density at radius 1 is 1.60 bits per heavy atom. The van der Waals surface area contributed by atoms with Crippen LogP contribution in [-0.4, -0.2) is 16.3 Å². The summed E-state index contributed by atoms with van der Waals surface area (Å²) in [5.74, 6) is 0. The van der Waals surface area contributed by atoms with Crippen LogP contribution in [0.1, 0.15) is 44.7 Å². The molecule has 0 aromatic carbocycles. The van der Waals surface area contributed by atoms with Crippen LogP contribution in [0.2, 0.25) is 0 Å². The smallest absolute Gasteiger partial charge is 0.0537 e. The Morgan fingerprint density at radius 2 is 2.33 bits per heavy atom. The van der Waals surface area contributed by atoms with Gasteiger partial charge in [-0.3, -0.25) is 4.68 Å². The lowest BCUT2D eigenvalue weighted by atomic mass is 9.94. The third kappa shape index (κ3) is 2.23. The van der Waals surface area contributed by atoms with Gasteiger partial charge >= 0.3 is 0 Å². The molecule has 1 unspecified atom stereocenters. The normalized spacial score (nSPS) is 20.2. The number of aryl methyl sites for hydroxylation is 1. The summed E-state index contributed by atoms with van der Waals surface area (Å²) in [6.07, 6.45) is 7.99. The molecule has 0 spiro atoms. The molecule has 3 heteroatoms. The predicted octanol–water partition coefficient (Wildman–Crippen LogP) is 2.26. The largest absolute Gasteiger partial charge is 0.309 e. The molecule has 1 aliphatic rings. The first kappa shape index (κ1) is 10.7. The second-order valence-electron chi connectivity index (χ2n) is 4.99. The minimum absolute atomic E-state index is 0.470. The van der Waals surface area contributed by atoms with Crippen molar-refractivity contribution in [1.29, 1.82) is 0 Å². The number of hydrogen-bond donors (Lipinski definition) is 1. The summed E-state index contributed by atoms with van der Waals surface area (Å²) < 4.78 is 1.89. The Bertz CT molecular complexity index is 325. The van der Waals surface area contributed by atoms with Gasteiger partial charge < -0.3 is 5.32 Å². The number of hydrogen-bond acceptors (Lipinski definition) is 2. The highest BCUT2D eigenvalue weighted by atomic mass is 15.2. The van der Waals surface area contributed by atoms with E-state index in [1.807, 2.05) is 17.9 Å². The van der Waals surface area contributed by atoms with Crippen molar-refractivity contribution in [2.45, 2.75) is 39.2 Å². The van der Waals surface area contributed by atoms with Crippen LogP contribution in [-0.2, 0) is 7.05 Å². The van der Waals surface area contributed by atoms with Gasteiger partial charge in [0.1, 0.15) is 0 Å².